The van der Waals surface area contributed by atoms with Crippen molar-refractivity contribution in [3.05, 3.63) is 170 Å². The maximum Gasteiger partial charge on any atom is 0.160 e. The molecule has 2 heteroatoms. The second kappa shape index (κ2) is 10.8. The second-order valence-corrected chi connectivity index (χ2v) is 11.8. The molecule has 0 N–H and O–H groups in total. The van der Waals surface area contributed by atoms with E-state index in [0.717, 1.165) is 33.9 Å². The topological polar surface area (TPSA) is 25.8 Å². The standard InChI is InChI=1S/C44H28N2/c1-3-10-29(11-4-1)31-18-22-33(23-19-31)41-28-42(34-24-20-32(21-25-34)30-12-5-2-6-13-30)46-44(45-41)36-26-35-14-9-17-39-37-15-7-8-16-38(37)40(27-36)43(35)39/h1-28H. The summed E-state index contributed by atoms with van der Waals surface area (Å²) in [4.78, 5) is 10.4. The molecule has 0 radical (unpaired) electrons. The van der Waals surface area contributed by atoms with Crippen LogP contribution in [0.2, 0.25) is 0 Å². The van der Waals surface area contributed by atoms with E-state index in [1.807, 2.05) is 12.1 Å². The first-order chi connectivity index (χ1) is 22.8. The molecule has 0 fully saturated rings. The number of nitrogens with zero attached hydrogens (tertiary/aromatic N) is 2. The molecule has 1 aromatic heterocycles. The molecule has 0 saturated heterocycles. The van der Waals surface area contributed by atoms with Crippen molar-refractivity contribution in [2.45, 2.75) is 0 Å². The van der Waals surface area contributed by atoms with Gasteiger partial charge in [-0.05, 0) is 73.5 Å². The Bertz CT molecular complexity index is 2270. The number of benzene rings is 7. The molecule has 0 saturated carbocycles. The first-order valence-corrected chi connectivity index (χ1v) is 15.7. The molecule has 214 valence electrons. The van der Waals surface area contributed by atoms with E-state index >= 15 is 0 Å². The normalized spacial score (nSPS) is 11.5. The van der Waals surface area contributed by atoms with Gasteiger partial charge in [0, 0.05) is 16.7 Å². The van der Waals surface area contributed by atoms with Crippen LogP contribution in [0.3, 0.4) is 0 Å². The van der Waals surface area contributed by atoms with Gasteiger partial charge in [0.05, 0.1) is 11.4 Å². The van der Waals surface area contributed by atoms with Crippen molar-refractivity contribution < 1.29 is 0 Å². The molecule has 0 atom stereocenters. The summed E-state index contributed by atoms with van der Waals surface area (Å²) in [5.41, 5.74) is 14.8. The number of hydrogen-bond donors (Lipinski definition) is 0. The summed E-state index contributed by atoms with van der Waals surface area (Å²) in [5.74, 6) is 0.722. The minimum Gasteiger partial charge on any atom is -0.228 e. The Labute approximate surface area is 268 Å². The summed E-state index contributed by atoms with van der Waals surface area (Å²) in [7, 11) is 0. The van der Waals surface area contributed by atoms with Gasteiger partial charge in [0.25, 0.3) is 0 Å². The van der Waals surface area contributed by atoms with Crippen LogP contribution in [0.25, 0.3) is 89.2 Å². The van der Waals surface area contributed by atoms with Crippen LogP contribution in [-0.4, -0.2) is 9.97 Å². The second-order valence-electron chi connectivity index (χ2n) is 11.8. The van der Waals surface area contributed by atoms with E-state index in [4.69, 9.17) is 9.97 Å². The van der Waals surface area contributed by atoms with Crippen molar-refractivity contribution in [1.82, 2.24) is 9.97 Å². The lowest BCUT2D eigenvalue weighted by Gasteiger charge is -2.12. The third-order valence-electron chi connectivity index (χ3n) is 9.04. The quantitative estimate of drug-likeness (QED) is 0.201. The van der Waals surface area contributed by atoms with Crippen molar-refractivity contribution >= 4 is 10.8 Å². The SMILES string of the molecule is c1ccc(-c2ccc(-c3cc(-c4ccc(-c5ccccc5)cc4)nc(-c4cc5c6c(cccc6c4)-c4ccccc4-5)n3)cc2)cc1. The maximum atomic E-state index is 5.21. The first kappa shape index (κ1) is 26.3. The van der Waals surface area contributed by atoms with Crippen molar-refractivity contribution in [2.24, 2.45) is 0 Å². The minimum absolute atomic E-state index is 0.722. The van der Waals surface area contributed by atoms with Crippen LogP contribution >= 0.6 is 0 Å². The predicted octanol–water partition coefficient (Wildman–Crippen LogP) is 11.6. The zero-order valence-corrected chi connectivity index (χ0v) is 25.1. The number of rotatable bonds is 5. The van der Waals surface area contributed by atoms with Crippen LogP contribution in [0.1, 0.15) is 0 Å². The predicted molar refractivity (Wildman–Crippen MR) is 191 cm³/mol. The van der Waals surface area contributed by atoms with E-state index in [1.54, 1.807) is 0 Å². The molecule has 1 aliphatic carbocycles. The summed E-state index contributed by atoms with van der Waals surface area (Å²) in [6, 6.07) is 60.2. The average molecular weight is 585 g/mol. The lowest BCUT2D eigenvalue weighted by molar-refractivity contribution is 1.18. The van der Waals surface area contributed by atoms with Crippen molar-refractivity contribution in [2.75, 3.05) is 0 Å². The van der Waals surface area contributed by atoms with E-state index < -0.39 is 0 Å². The summed E-state index contributed by atoms with van der Waals surface area (Å²) in [5, 5.41) is 2.51. The lowest BCUT2D eigenvalue weighted by atomic mass is 9.98. The van der Waals surface area contributed by atoms with Gasteiger partial charge < -0.3 is 0 Å². The molecule has 0 spiro atoms. The van der Waals surface area contributed by atoms with Gasteiger partial charge in [0.2, 0.25) is 0 Å². The Morgan fingerprint density at radius 1 is 0.283 bits per heavy atom. The van der Waals surface area contributed by atoms with Crippen LogP contribution in [-0.2, 0) is 0 Å². The molecule has 0 unspecified atom stereocenters. The van der Waals surface area contributed by atoms with Crippen LogP contribution in [0.5, 0.6) is 0 Å². The number of hydrogen-bond acceptors (Lipinski definition) is 2. The Hall–Kier alpha value is -6.12. The van der Waals surface area contributed by atoms with Gasteiger partial charge in [-0.25, -0.2) is 9.97 Å². The van der Waals surface area contributed by atoms with E-state index in [1.165, 1.54) is 55.3 Å². The molecule has 2 nitrogen and oxygen atoms in total. The highest BCUT2D eigenvalue weighted by Gasteiger charge is 2.22. The monoisotopic (exact) mass is 584 g/mol. The Morgan fingerprint density at radius 3 is 1.30 bits per heavy atom. The molecule has 1 aliphatic rings. The summed E-state index contributed by atoms with van der Waals surface area (Å²) < 4.78 is 0. The Balaban J connectivity index is 1.20. The Kier molecular flexibility index (Phi) is 6.17. The van der Waals surface area contributed by atoms with E-state index in [0.29, 0.717) is 0 Å². The van der Waals surface area contributed by atoms with Gasteiger partial charge in [0.1, 0.15) is 0 Å². The van der Waals surface area contributed by atoms with Crippen LogP contribution in [0.15, 0.2) is 170 Å². The molecule has 8 aromatic rings. The van der Waals surface area contributed by atoms with Crippen molar-refractivity contribution in [1.29, 1.82) is 0 Å². The molecule has 46 heavy (non-hydrogen) atoms. The van der Waals surface area contributed by atoms with Gasteiger partial charge in [-0.3, -0.25) is 0 Å². The molecule has 9 rings (SSSR count). The fourth-order valence-electron chi connectivity index (χ4n) is 6.75. The molecule has 0 amide bonds. The largest absolute Gasteiger partial charge is 0.228 e. The molecule has 0 bridgehead atoms. The van der Waals surface area contributed by atoms with Gasteiger partial charge in [-0.15, -0.1) is 0 Å². The van der Waals surface area contributed by atoms with Gasteiger partial charge in [-0.1, -0.05) is 152 Å². The Morgan fingerprint density at radius 2 is 0.739 bits per heavy atom. The molecule has 0 aliphatic heterocycles. The summed E-state index contributed by atoms with van der Waals surface area (Å²) in [6.45, 7) is 0. The van der Waals surface area contributed by atoms with Crippen LogP contribution in [0, 0.1) is 0 Å². The number of fused-ring (bicyclic) bond motifs is 3. The van der Waals surface area contributed by atoms with E-state index in [-0.39, 0.29) is 0 Å². The highest BCUT2D eigenvalue weighted by molar-refractivity contribution is 6.16. The average Bonchev–Trinajstić information content (AvgIpc) is 3.47. The molecule has 1 heterocycles. The highest BCUT2D eigenvalue weighted by atomic mass is 14.9. The zero-order valence-electron chi connectivity index (χ0n) is 25.1. The van der Waals surface area contributed by atoms with Gasteiger partial charge in [0.15, 0.2) is 5.82 Å². The van der Waals surface area contributed by atoms with Crippen molar-refractivity contribution in [3.8, 4) is 78.4 Å². The summed E-state index contributed by atoms with van der Waals surface area (Å²) >= 11 is 0. The fourth-order valence-corrected chi connectivity index (χ4v) is 6.75. The summed E-state index contributed by atoms with van der Waals surface area (Å²) in [6.07, 6.45) is 0. The maximum absolute atomic E-state index is 5.21. The van der Waals surface area contributed by atoms with Crippen LogP contribution < -0.4 is 0 Å². The zero-order chi connectivity index (χ0) is 30.5. The third kappa shape index (κ3) is 4.51. The highest BCUT2D eigenvalue weighted by Crippen LogP contribution is 2.48. The molecular formula is C44H28N2. The third-order valence-corrected chi connectivity index (χ3v) is 9.04. The van der Waals surface area contributed by atoms with Gasteiger partial charge >= 0.3 is 0 Å². The van der Waals surface area contributed by atoms with E-state index in [9.17, 15) is 0 Å². The van der Waals surface area contributed by atoms with Crippen molar-refractivity contribution in [3.63, 3.8) is 0 Å². The minimum atomic E-state index is 0.722. The lowest BCUT2D eigenvalue weighted by Crippen LogP contribution is -1.96. The number of aromatic nitrogens is 2. The van der Waals surface area contributed by atoms with Gasteiger partial charge in [-0.2, -0.15) is 0 Å². The van der Waals surface area contributed by atoms with E-state index in [2.05, 4.69) is 158 Å². The molecular weight excluding hydrogens is 556 g/mol. The fraction of sp³-hybridized carbons (Fsp3) is 0. The van der Waals surface area contributed by atoms with Crippen LogP contribution in [0.4, 0.5) is 0 Å². The molecule has 7 aromatic carbocycles. The first-order valence-electron chi connectivity index (χ1n) is 15.7. The smallest absolute Gasteiger partial charge is 0.160 e.